The molecule has 2 radical (unpaired) electrons. The third-order valence-electron chi connectivity index (χ3n) is 1.55. The van der Waals surface area contributed by atoms with Crippen molar-refractivity contribution in [1.82, 2.24) is 0 Å². The molecule has 0 unspecified atom stereocenters. The summed E-state index contributed by atoms with van der Waals surface area (Å²) in [5.74, 6) is 0. The highest BCUT2D eigenvalue weighted by molar-refractivity contribution is 6.08. The predicted octanol–water partition coefficient (Wildman–Crippen LogP) is 1.62. The van der Waals surface area contributed by atoms with Crippen LogP contribution >= 0.6 is 0 Å². The molecule has 56 valence electrons. The molecule has 0 heterocycles. The third-order valence-corrected chi connectivity index (χ3v) is 1.55. The number of nitriles is 1. The lowest BCUT2D eigenvalue weighted by molar-refractivity contribution is 1.32. The van der Waals surface area contributed by atoms with Gasteiger partial charge in [-0.2, -0.15) is 5.26 Å². The molecular formula is C8H5BN2O. The molecule has 0 N–H and O–H groups in total. The first-order valence-electron chi connectivity index (χ1n) is 3.39. The molecular weight excluding hydrogens is 151 g/mol. The first-order valence-corrected chi connectivity index (χ1v) is 3.39. The summed E-state index contributed by atoms with van der Waals surface area (Å²) < 4.78 is 0. The molecule has 0 bridgehead atoms. The molecule has 0 aliphatic rings. The minimum Gasteiger partial charge on any atom is -0.192 e. The van der Waals surface area contributed by atoms with Crippen molar-refractivity contribution in [1.29, 1.82) is 5.26 Å². The van der Waals surface area contributed by atoms with Crippen molar-refractivity contribution in [3.63, 3.8) is 0 Å². The lowest BCUT2D eigenvalue weighted by Gasteiger charge is -1.99. The van der Waals surface area contributed by atoms with E-state index in [0.29, 0.717) is 5.56 Å². The van der Waals surface area contributed by atoms with E-state index in [9.17, 15) is 4.91 Å². The largest absolute Gasteiger partial charge is 0.192 e. The number of nitrogens with zero attached hydrogens (tertiary/aromatic N) is 2. The van der Waals surface area contributed by atoms with Crippen molar-refractivity contribution in [2.75, 3.05) is 0 Å². The molecule has 4 heteroatoms. The predicted molar refractivity (Wildman–Crippen MR) is 46.1 cm³/mol. The summed E-state index contributed by atoms with van der Waals surface area (Å²) >= 11 is 0. The second-order valence-corrected chi connectivity index (χ2v) is 2.22. The van der Waals surface area contributed by atoms with Crippen LogP contribution in [0.2, 0.25) is 0 Å². The SMILES string of the molecule is [B]Cc1cccc(C#N)c1N=O. The molecule has 0 aliphatic carbocycles. The van der Waals surface area contributed by atoms with Gasteiger partial charge in [0, 0.05) is 0 Å². The van der Waals surface area contributed by atoms with Crippen LogP contribution in [0.4, 0.5) is 5.69 Å². The van der Waals surface area contributed by atoms with Crippen molar-refractivity contribution >= 4 is 13.5 Å². The number of rotatable bonds is 2. The highest BCUT2D eigenvalue weighted by atomic mass is 16.3. The zero-order valence-electron chi connectivity index (χ0n) is 6.32. The third kappa shape index (κ3) is 1.35. The van der Waals surface area contributed by atoms with E-state index in [1.54, 1.807) is 12.1 Å². The Morgan fingerprint density at radius 1 is 1.58 bits per heavy atom. The molecule has 1 aromatic rings. The highest BCUT2D eigenvalue weighted by Gasteiger charge is 2.05. The van der Waals surface area contributed by atoms with Crippen molar-refractivity contribution in [2.24, 2.45) is 5.18 Å². The Labute approximate surface area is 71.4 Å². The van der Waals surface area contributed by atoms with Crippen LogP contribution in [0, 0.1) is 16.2 Å². The lowest BCUT2D eigenvalue weighted by Crippen LogP contribution is -1.86. The van der Waals surface area contributed by atoms with Gasteiger partial charge in [-0.15, -0.1) is 4.91 Å². The van der Waals surface area contributed by atoms with E-state index in [1.807, 2.05) is 6.07 Å². The summed E-state index contributed by atoms with van der Waals surface area (Å²) in [4.78, 5) is 10.3. The fourth-order valence-corrected chi connectivity index (χ4v) is 0.954. The van der Waals surface area contributed by atoms with Gasteiger partial charge in [0.05, 0.1) is 13.4 Å². The van der Waals surface area contributed by atoms with Crippen LogP contribution in [0.1, 0.15) is 11.1 Å². The van der Waals surface area contributed by atoms with Gasteiger partial charge in [-0.1, -0.05) is 18.5 Å². The Morgan fingerprint density at radius 2 is 2.33 bits per heavy atom. The molecule has 0 fully saturated rings. The van der Waals surface area contributed by atoms with Gasteiger partial charge in [0.25, 0.3) is 0 Å². The molecule has 0 saturated heterocycles. The van der Waals surface area contributed by atoms with Gasteiger partial charge in [0.2, 0.25) is 0 Å². The van der Waals surface area contributed by atoms with Crippen LogP contribution in [0.15, 0.2) is 23.4 Å². The van der Waals surface area contributed by atoms with Gasteiger partial charge >= 0.3 is 0 Å². The van der Waals surface area contributed by atoms with Crippen molar-refractivity contribution < 1.29 is 0 Å². The maximum Gasteiger partial charge on any atom is 0.128 e. The van der Waals surface area contributed by atoms with Gasteiger partial charge in [0.1, 0.15) is 11.8 Å². The first kappa shape index (κ1) is 8.47. The summed E-state index contributed by atoms with van der Waals surface area (Å²) in [6, 6.07) is 6.76. The van der Waals surface area contributed by atoms with E-state index >= 15 is 0 Å². The van der Waals surface area contributed by atoms with E-state index < -0.39 is 0 Å². The van der Waals surface area contributed by atoms with Crippen molar-refractivity contribution in [3.05, 3.63) is 34.2 Å². The molecule has 3 nitrogen and oxygen atoms in total. The van der Waals surface area contributed by atoms with Crippen LogP contribution in [0.5, 0.6) is 0 Å². The normalized spacial score (nSPS) is 8.92. The Hall–Kier alpha value is -1.63. The van der Waals surface area contributed by atoms with Crippen LogP contribution in [-0.2, 0) is 6.32 Å². The fraction of sp³-hybridized carbons (Fsp3) is 0.125. The molecule has 0 saturated carbocycles. The number of hydrogen-bond acceptors (Lipinski definition) is 3. The van der Waals surface area contributed by atoms with Crippen molar-refractivity contribution in [2.45, 2.75) is 6.32 Å². The van der Waals surface area contributed by atoms with Gasteiger partial charge in [0.15, 0.2) is 0 Å². The van der Waals surface area contributed by atoms with E-state index in [2.05, 4.69) is 5.18 Å². The zero-order chi connectivity index (χ0) is 8.97. The van der Waals surface area contributed by atoms with E-state index in [0.717, 1.165) is 0 Å². The standard InChI is InChI=1S/C8H5BN2O/c9-4-6-2-1-3-7(5-10)8(6)11-12/h1-3H,4H2. The second kappa shape index (κ2) is 3.68. The summed E-state index contributed by atoms with van der Waals surface area (Å²) in [5, 5.41) is 11.3. The quantitative estimate of drug-likeness (QED) is 0.482. The van der Waals surface area contributed by atoms with Gasteiger partial charge < -0.3 is 0 Å². The molecule has 0 atom stereocenters. The molecule has 0 spiro atoms. The minimum atomic E-state index is 0.155. The summed E-state index contributed by atoms with van der Waals surface area (Å²) in [7, 11) is 5.34. The molecule has 0 amide bonds. The monoisotopic (exact) mass is 156 g/mol. The Kier molecular flexibility index (Phi) is 2.59. The van der Waals surface area contributed by atoms with E-state index in [4.69, 9.17) is 13.1 Å². The fourth-order valence-electron chi connectivity index (χ4n) is 0.954. The molecule has 12 heavy (non-hydrogen) atoms. The summed E-state index contributed by atoms with van der Waals surface area (Å²) in [6.45, 7) is 0. The summed E-state index contributed by atoms with van der Waals surface area (Å²) in [5.41, 5.74) is 1.03. The topological polar surface area (TPSA) is 53.2 Å². The first-order chi connectivity index (χ1) is 5.83. The van der Waals surface area contributed by atoms with Gasteiger partial charge in [-0.25, -0.2) is 0 Å². The molecule has 0 aromatic heterocycles. The molecule has 1 aromatic carbocycles. The minimum absolute atomic E-state index is 0.155. The Balaban J connectivity index is 3.34. The Bertz CT molecular complexity index is 343. The average Bonchev–Trinajstić information content (AvgIpc) is 2.16. The zero-order valence-corrected chi connectivity index (χ0v) is 6.32. The number of nitroso groups, excluding NO2 is 1. The van der Waals surface area contributed by atoms with Crippen molar-refractivity contribution in [3.8, 4) is 6.07 Å². The van der Waals surface area contributed by atoms with Gasteiger partial charge in [-0.3, -0.25) is 0 Å². The molecule has 1 rings (SSSR count). The highest BCUT2D eigenvalue weighted by Crippen LogP contribution is 2.23. The lowest BCUT2D eigenvalue weighted by atomic mass is 9.94. The Morgan fingerprint density at radius 3 is 2.83 bits per heavy atom. The van der Waals surface area contributed by atoms with Crippen LogP contribution in [-0.4, -0.2) is 7.85 Å². The van der Waals surface area contributed by atoms with Crippen LogP contribution < -0.4 is 0 Å². The van der Waals surface area contributed by atoms with Crippen LogP contribution in [0.3, 0.4) is 0 Å². The molecule has 0 aliphatic heterocycles. The number of hydrogen-bond donors (Lipinski definition) is 0. The van der Waals surface area contributed by atoms with E-state index in [-0.39, 0.29) is 17.6 Å². The summed E-state index contributed by atoms with van der Waals surface area (Å²) in [6.07, 6.45) is 0.219. The van der Waals surface area contributed by atoms with Gasteiger partial charge in [-0.05, 0) is 16.8 Å². The number of benzene rings is 1. The average molecular weight is 156 g/mol. The van der Waals surface area contributed by atoms with Crippen LogP contribution in [0.25, 0.3) is 0 Å². The maximum absolute atomic E-state index is 10.3. The second-order valence-electron chi connectivity index (χ2n) is 2.22. The smallest absolute Gasteiger partial charge is 0.128 e. The van der Waals surface area contributed by atoms with E-state index in [1.165, 1.54) is 6.07 Å². The maximum atomic E-state index is 10.3.